The molecule has 62 valence electrons. The smallest absolute Gasteiger partial charge is 0.192 e. The van der Waals surface area contributed by atoms with Crippen molar-refractivity contribution >= 4 is 5.78 Å². The minimum Gasteiger partial charge on any atom is -0.331 e. The molecule has 0 amide bonds. The van der Waals surface area contributed by atoms with E-state index in [0.717, 1.165) is 0 Å². The molecule has 1 aromatic heterocycles. The normalized spacial score (nSPS) is 8.83. The second kappa shape index (κ2) is 3.72. The van der Waals surface area contributed by atoms with Gasteiger partial charge in [-0.2, -0.15) is 0 Å². The highest BCUT2D eigenvalue weighted by Gasteiger charge is 2.06. The fourth-order valence-electron chi connectivity index (χ4n) is 0.885. The molecule has 0 spiro atoms. The third-order valence-electron chi connectivity index (χ3n) is 1.53. The van der Waals surface area contributed by atoms with Gasteiger partial charge in [-0.3, -0.25) is 4.79 Å². The van der Waals surface area contributed by atoms with Gasteiger partial charge in [-0.1, -0.05) is 5.92 Å². The lowest BCUT2D eigenvalue weighted by Crippen LogP contribution is -2.03. The van der Waals surface area contributed by atoms with Crippen molar-refractivity contribution in [1.29, 1.82) is 0 Å². The Labute approximate surface area is 71.4 Å². The van der Waals surface area contributed by atoms with Crippen LogP contribution in [0.15, 0.2) is 12.5 Å². The Bertz CT molecular complexity index is 341. The van der Waals surface area contributed by atoms with Gasteiger partial charge in [0.25, 0.3) is 0 Å². The van der Waals surface area contributed by atoms with Crippen LogP contribution in [0.2, 0.25) is 0 Å². The number of carbonyl (C=O) groups excluding carboxylic acids is 1. The minimum atomic E-state index is 0.0179. The van der Waals surface area contributed by atoms with Gasteiger partial charge >= 0.3 is 0 Å². The first-order valence-corrected chi connectivity index (χ1v) is 3.65. The van der Waals surface area contributed by atoms with Crippen LogP contribution in [0.3, 0.4) is 0 Å². The number of aryl methyl sites for hydroxylation is 1. The Morgan fingerprint density at radius 3 is 3.00 bits per heavy atom. The molecule has 3 nitrogen and oxygen atoms in total. The topological polar surface area (TPSA) is 34.9 Å². The first-order chi connectivity index (χ1) is 5.75. The average molecular weight is 162 g/mol. The van der Waals surface area contributed by atoms with Crippen molar-refractivity contribution in [2.24, 2.45) is 7.05 Å². The molecule has 1 heterocycles. The molecule has 0 unspecified atom stereocenters. The van der Waals surface area contributed by atoms with Gasteiger partial charge in [0, 0.05) is 7.05 Å². The van der Waals surface area contributed by atoms with Gasteiger partial charge in [-0.15, -0.1) is 5.92 Å². The molecule has 12 heavy (non-hydrogen) atoms. The maximum Gasteiger partial charge on any atom is 0.192 e. The summed E-state index contributed by atoms with van der Waals surface area (Å²) in [6.45, 7) is 1.72. The van der Waals surface area contributed by atoms with E-state index in [4.69, 9.17) is 0 Å². The Kier molecular flexibility index (Phi) is 2.65. The Balaban J connectivity index is 2.76. The van der Waals surface area contributed by atoms with Gasteiger partial charge in [0.1, 0.15) is 5.69 Å². The van der Waals surface area contributed by atoms with Gasteiger partial charge in [0.2, 0.25) is 0 Å². The quantitative estimate of drug-likeness (QED) is 0.480. The number of carbonyl (C=O) groups is 1. The standard InChI is InChI=1S/C9H10N2O/c1-3-4-5-9(12)8-6-10-7-11(8)2/h6-7H,5H2,1-2H3. The van der Waals surface area contributed by atoms with Gasteiger partial charge < -0.3 is 4.57 Å². The molecule has 0 aliphatic heterocycles. The van der Waals surface area contributed by atoms with E-state index < -0.39 is 0 Å². The molecule has 0 aromatic carbocycles. The number of aromatic nitrogens is 2. The molecule has 1 aromatic rings. The average Bonchev–Trinajstić information content (AvgIpc) is 2.47. The second-order valence-corrected chi connectivity index (χ2v) is 2.42. The van der Waals surface area contributed by atoms with Crippen LogP contribution in [-0.2, 0) is 7.05 Å². The second-order valence-electron chi connectivity index (χ2n) is 2.42. The fourth-order valence-corrected chi connectivity index (χ4v) is 0.885. The van der Waals surface area contributed by atoms with Gasteiger partial charge in [-0.25, -0.2) is 4.98 Å². The molecule has 0 atom stereocenters. The van der Waals surface area contributed by atoms with Crippen LogP contribution in [0.5, 0.6) is 0 Å². The highest BCUT2D eigenvalue weighted by atomic mass is 16.1. The molecule has 0 fully saturated rings. The molecule has 0 bridgehead atoms. The molecular formula is C9H10N2O. The van der Waals surface area contributed by atoms with Gasteiger partial charge in [0.15, 0.2) is 5.78 Å². The third-order valence-corrected chi connectivity index (χ3v) is 1.53. The zero-order valence-electron chi connectivity index (χ0n) is 7.16. The molecule has 0 radical (unpaired) electrons. The molecule has 0 aliphatic carbocycles. The van der Waals surface area contributed by atoms with Crippen LogP contribution in [0, 0.1) is 11.8 Å². The predicted octanol–water partition coefficient (Wildman–Crippen LogP) is 1.02. The summed E-state index contributed by atoms with van der Waals surface area (Å²) < 4.78 is 1.69. The maximum atomic E-state index is 11.3. The van der Waals surface area contributed by atoms with E-state index in [9.17, 15) is 4.79 Å². The summed E-state index contributed by atoms with van der Waals surface area (Å²) in [5.74, 6) is 5.42. The van der Waals surface area contributed by atoms with Crippen molar-refractivity contribution < 1.29 is 4.79 Å². The highest BCUT2D eigenvalue weighted by Crippen LogP contribution is 1.99. The van der Waals surface area contributed by atoms with E-state index in [-0.39, 0.29) is 12.2 Å². The Hall–Kier alpha value is -1.56. The van der Waals surface area contributed by atoms with Gasteiger partial charge in [0.05, 0.1) is 18.9 Å². The lowest BCUT2D eigenvalue weighted by Gasteiger charge is -1.95. The Morgan fingerprint density at radius 1 is 1.75 bits per heavy atom. The summed E-state index contributed by atoms with van der Waals surface area (Å²) >= 11 is 0. The molecular weight excluding hydrogens is 152 g/mol. The number of Topliss-reactive ketones (excluding diaryl/α,β-unsaturated/α-hetero) is 1. The van der Waals surface area contributed by atoms with Crippen molar-refractivity contribution in [1.82, 2.24) is 9.55 Å². The van der Waals surface area contributed by atoms with Crippen LogP contribution in [0.25, 0.3) is 0 Å². The number of nitrogens with zero attached hydrogens (tertiary/aromatic N) is 2. The fraction of sp³-hybridized carbons (Fsp3) is 0.333. The number of hydrogen-bond donors (Lipinski definition) is 0. The van der Waals surface area contributed by atoms with Crippen LogP contribution >= 0.6 is 0 Å². The SMILES string of the molecule is CC#CCC(=O)c1cncn1C. The number of rotatable bonds is 2. The zero-order chi connectivity index (χ0) is 8.97. The first kappa shape index (κ1) is 8.54. The summed E-state index contributed by atoms with van der Waals surface area (Å²) in [6.07, 6.45) is 3.43. The van der Waals surface area contributed by atoms with Crippen LogP contribution in [0.1, 0.15) is 23.8 Å². The summed E-state index contributed by atoms with van der Waals surface area (Å²) in [6, 6.07) is 0. The molecule has 0 aliphatic rings. The van der Waals surface area contributed by atoms with E-state index in [1.807, 2.05) is 0 Å². The summed E-state index contributed by atoms with van der Waals surface area (Å²) in [4.78, 5) is 15.2. The van der Waals surface area contributed by atoms with Gasteiger partial charge in [-0.05, 0) is 6.92 Å². The number of imidazole rings is 1. The molecule has 1 rings (SSSR count). The molecule has 0 saturated carbocycles. The molecule has 3 heteroatoms. The maximum absolute atomic E-state index is 11.3. The van der Waals surface area contributed by atoms with E-state index in [2.05, 4.69) is 16.8 Å². The van der Waals surface area contributed by atoms with Crippen molar-refractivity contribution in [3.05, 3.63) is 18.2 Å². The zero-order valence-corrected chi connectivity index (χ0v) is 7.16. The van der Waals surface area contributed by atoms with E-state index in [1.165, 1.54) is 0 Å². The predicted molar refractivity (Wildman–Crippen MR) is 45.6 cm³/mol. The Morgan fingerprint density at radius 2 is 2.50 bits per heavy atom. The summed E-state index contributed by atoms with van der Waals surface area (Å²) in [5, 5.41) is 0. The first-order valence-electron chi connectivity index (χ1n) is 3.65. The van der Waals surface area contributed by atoms with Crippen molar-refractivity contribution in [2.45, 2.75) is 13.3 Å². The summed E-state index contributed by atoms with van der Waals surface area (Å²) in [5.41, 5.74) is 0.609. The van der Waals surface area contributed by atoms with Crippen LogP contribution in [-0.4, -0.2) is 15.3 Å². The van der Waals surface area contributed by atoms with Crippen molar-refractivity contribution in [3.63, 3.8) is 0 Å². The van der Waals surface area contributed by atoms with E-state index in [1.54, 1.807) is 31.1 Å². The third kappa shape index (κ3) is 1.73. The largest absolute Gasteiger partial charge is 0.331 e. The molecule has 0 saturated heterocycles. The number of ketones is 1. The van der Waals surface area contributed by atoms with Crippen LogP contribution in [0.4, 0.5) is 0 Å². The van der Waals surface area contributed by atoms with E-state index in [0.29, 0.717) is 5.69 Å². The highest BCUT2D eigenvalue weighted by molar-refractivity contribution is 5.95. The van der Waals surface area contributed by atoms with Crippen LogP contribution < -0.4 is 0 Å². The number of hydrogen-bond acceptors (Lipinski definition) is 2. The van der Waals surface area contributed by atoms with Crippen molar-refractivity contribution in [3.8, 4) is 11.8 Å². The van der Waals surface area contributed by atoms with E-state index >= 15 is 0 Å². The lowest BCUT2D eigenvalue weighted by molar-refractivity contribution is 0.0990. The van der Waals surface area contributed by atoms with Crippen molar-refractivity contribution in [2.75, 3.05) is 0 Å². The summed E-state index contributed by atoms with van der Waals surface area (Å²) in [7, 11) is 1.79. The lowest BCUT2D eigenvalue weighted by atomic mass is 10.2. The molecule has 0 N–H and O–H groups in total. The monoisotopic (exact) mass is 162 g/mol. The minimum absolute atomic E-state index is 0.0179.